The molecule has 0 N–H and O–H groups in total. The van der Waals surface area contributed by atoms with Crippen LogP contribution in [-0.4, -0.2) is 18.9 Å². The molecule has 0 spiro atoms. The SMILES string of the molecule is CC=CC[C@@H]1CC(=O)C[C@@H]1CC(=O)OC. The number of esters is 1. The maximum atomic E-state index is 11.3. The van der Waals surface area contributed by atoms with Crippen LogP contribution in [0.15, 0.2) is 12.2 Å². The zero-order valence-corrected chi connectivity index (χ0v) is 9.36. The predicted molar refractivity (Wildman–Crippen MR) is 57.3 cm³/mol. The highest BCUT2D eigenvalue weighted by molar-refractivity contribution is 5.82. The van der Waals surface area contributed by atoms with E-state index in [0.717, 1.165) is 6.42 Å². The van der Waals surface area contributed by atoms with Crippen molar-refractivity contribution in [1.29, 1.82) is 0 Å². The summed E-state index contributed by atoms with van der Waals surface area (Å²) in [6.07, 6.45) is 6.48. The van der Waals surface area contributed by atoms with Gasteiger partial charge in [0.1, 0.15) is 5.78 Å². The summed E-state index contributed by atoms with van der Waals surface area (Å²) in [6.45, 7) is 1.96. The minimum Gasteiger partial charge on any atom is -0.469 e. The van der Waals surface area contributed by atoms with E-state index in [2.05, 4.69) is 10.8 Å². The van der Waals surface area contributed by atoms with E-state index in [9.17, 15) is 9.59 Å². The Hall–Kier alpha value is -1.12. The van der Waals surface area contributed by atoms with E-state index in [4.69, 9.17) is 0 Å². The third-order valence-corrected chi connectivity index (χ3v) is 2.98. The van der Waals surface area contributed by atoms with Gasteiger partial charge in [0.25, 0.3) is 0 Å². The van der Waals surface area contributed by atoms with Gasteiger partial charge in [0.15, 0.2) is 0 Å². The molecule has 1 rings (SSSR count). The second kappa shape index (κ2) is 5.69. The summed E-state index contributed by atoms with van der Waals surface area (Å²) in [4.78, 5) is 22.5. The molecular weight excluding hydrogens is 192 g/mol. The Morgan fingerprint density at radius 1 is 1.47 bits per heavy atom. The van der Waals surface area contributed by atoms with Crippen molar-refractivity contribution < 1.29 is 14.3 Å². The monoisotopic (exact) mass is 210 g/mol. The van der Waals surface area contributed by atoms with Crippen LogP contribution in [0, 0.1) is 11.8 Å². The van der Waals surface area contributed by atoms with Gasteiger partial charge >= 0.3 is 5.97 Å². The van der Waals surface area contributed by atoms with Crippen LogP contribution < -0.4 is 0 Å². The van der Waals surface area contributed by atoms with Crippen molar-refractivity contribution in [1.82, 2.24) is 0 Å². The third kappa shape index (κ3) is 3.50. The molecule has 0 radical (unpaired) electrons. The van der Waals surface area contributed by atoms with Crippen LogP contribution in [0.4, 0.5) is 0 Å². The smallest absolute Gasteiger partial charge is 0.305 e. The number of rotatable bonds is 4. The van der Waals surface area contributed by atoms with E-state index in [1.165, 1.54) is 7.11 Å². The Labute approximate surface area is 90.5 Å². The molecule has 0 unspecified atom stereocenters. The fraction of sp³-hybridized carbons (Fsp3) is 0.667. The van der Waals surface area contributed by atoms with Gasteiger partial charge in [0.05, 0.1) is 7.11 Å². The molecule has 3 heteroatoms. The Kier molecular flexibility index (Phi) is 4.53. The Morgan fingerprint density at radius 3 is 2.73 bits per heavy atom. The lowest BCUT2D eigenvalue weighted by Gasteiger charge is -2.15. The second-order valence-corrected chi connectivity index (χ2v) is 4.05. The van der Waals surface area contributed by atoms with E-state index in [0.29, 0.717) is 25.2 Å². The van der Waals surface area contributed by atoms with Crippen molar-refractivity contribution in [2.75, 3.05) is 7.11 Å². The van der Waals surface area contributed by atoms with Crippen LogP contribution in [-0.2, 0) is 14.3 Å². The van der Waals surface area contributed by atoms with Crippen molar-refractivity contribution in [3.05, 3.63) is 12.2 Å². The minimum atomic E-state index is -0.208. The standard InChI is InChI=1S/C12H18O3/c1-3-4-5-9-6-11(13)7-10(9)8-12(14)15-2/h3-4,9-10H,5-8H2,1-2H3/t9-,10-/m1/s1. The topological polar surface area (TPSA) is 43.4 Å². The number of methoxy groups -OCH3 is 1. The molecule has 1 aliphatic carbocycles. The van der Waals surface area contributed by atoms with Crippen molar-refractivity contribution in [2.45, 2.75) is 32.6 Å². The van der Waals surface area contributed by atoms with Crippen LogP contribution in [0.2, 0.25) is 0 Å². The highest BCUT2D eigenvalue weighted by atomic mass is 16.5. The van der Waals surface area contributed by atoms with Gasteiger partial charge in [0, 0.05) is 19.3 Å². The fourth-order valence-electron chi connectivity index (χ4n) is 2.12. The highest BCUT2D eigenvalue weighted by Crippen LogP contribution is 2.34. The lowest BCUT2D eigenvalue weighted by Crippen LogP contribution is -2.13. The molecule has 15 heavy (non-hydrogen) atoms. The highest BCUT2D eigenvalue weighted by Gasteiger charge is 2.33. The van der Waals surface area contributed by atoms with Gasteiger partial charge in [-0.15, -0.1) is 0 Å². The molecule has 1 aliphatic rings. The van der Waals surface area contributed by atoms with Crippen LogP contribution in [0.25, 0.3) is 0 Å². The second-order valence-electron chi connectivity index (χ2n) is 4.05. The molecule has 0 heterocycles. The number of Topliss-reactive ketones (excluding diaryl/α,β-unsaturated/α-hetero) is 1. The van der Waals surface area contributed by atoms with E-state index in [-0.39, 0.29) is 17.7 Å². The molecule has 0 aliphatic heterocycles. The van der Waals surface area contributed by atoms with Crippen LogP contribution in [0.1, 0.15) is 32.6 Å². The summed E-state index contributed by atoms with van der Waals surface area (Å²) in [5.74, 6) is 0.576. The van der Waals surface area contributed by atoms with Gasteiger partial charge in [-0.3, -0.25) is 9.59 Å². The number of carbonyl (C=O) groups excluding carboxylic acids is 2. The zero-order valence-electron chi connectivity index (χ0n) is 9.36. The first-order chi connectivity index (χ1) is 7.17. The normalized spacial score (nSPS) is 26.1. The molecule has 0 aromatic carbocycles. The summed E-state index contributed by atoms with van der Waals surface area (Å²) in [6, 6.07) is 0. The summed E-state index contributed by atoms with van der Waals surface area (Å²) in [5, 5.41) is 0. The summed E-state index contributed by atoms with van der Waals surface area (Å²) in [7, 11) is 1.39. The number of hydrogen-bond donors (Lipinski definition) is 0. The first-order valence-corrected chi connectivity index (χ1v) is 5.37. The van der Waals surface area contributed by atoms with Crippen molar-refractivity contribution in [3.8, 4) is 0 Å². The lowest BCUT2D eigenvalue weighted by molar-refractivity contribution is -0.142. The van der Waals surface area contributed by atoms with Crippen molar-refractivity contribution in [3.63, 3.8) is 0 Å². The van der Waals surface area contributed by atoms with Gasteiger partial charge in [-0.2, -0.15) is 0 Å². The minimum absolute atomic E-state index is 0.182. The predicted octanol–water partition coefficient (Wildman–Crippen LogP) is 2.11. The summed E-state index contributed by atoms with van der Waals surface area (Å²) >= 11 is 0. The average molecular weight is 210 g/mol. The molecule has 0 saturated heterocycles. The average Bonchev–Trinajstić information content (AvgIpc) is 2.55. The first kappa shape index (κ1) is 12.0. The number of allylic oxidation sites excluding steroid dienone is 2. The number of ketones is 1. The lowest BCUT2D eigenvalue weighted by atomic mass is 9.90. The zero-order chi connectivity index (χ0) is 11.3. The van der Waals surface area contributed by atoms with E-state index >= 15 is 0 Å². The largest absolute Gasteiger partial charge is 0.469 e. The van der Waals surface area contributed by atoms with Crippen LogP contribution in [0.5, 0.6) is 0 Å². The van der Waals surface area contributed by atoms with Crippen LogP contribution in [0.3, 0.4) is 0 Å². The van der Waals surface area contributed by atoms with Crippen molar-refractivity contribution >= 4 is 11.8 Å². The summed E-state index contributed by atoms with van der Waals surface area (Å²) in [5.41, 5.74) is 0. The van der Waals surface area contributed by atoms with E-state index < -0.39 is 0 Å². The molecule has 3 nitrogen and oxygen atoms in total. The molecular formula is C12H18O3. The fourth-order valence-corrected chi connectivity index (χ4v) is 2.12. The Bertz CT molecular complexity index is 268. The maximum Gasteiger partial charge on any atom is 0.305 e. The Morgan fingerprint density at radius 2 is 2.13 bits per heavy atom. The molecule has 0 aromatic heterocycles. The molecule has 1 saturated carbocycles. The number of hydrogen-bond acceptors (Lipinski definition) is 3. The van der Waals surface area contributed by atoms with Gasteiger partial charge in [0.2, 0.25) is 0 Å². The number of carbonyl (C=O) groups is 2. The summed E-state index contributed by atoms with van der Waals surface area (Å²) < 4.78 is 4.63. The van der Waals surface area contributed by atoms with Gasteiger partial charge in [-0.25, -0.2) is 0 Å². The Balaban J connectivity index is 2.52. The van der Waals surface area contributed by atoms with E-state index in [1.54, 1.807) is 0 Å². The molecule has 0 bridgehead atoms. The third-order valence-electron chi connectivity index (χ3n) is 2.98. The molecule has 1 fully saturated rings. The first-order valence-electron chi connectivity index (χ1n) is 5.37. The number of ether oxygens (including phenoxy) is 1. The van der Waals surface area contributed by atoms with E-state index in [1.807, 2.05) is 13.0 Å². The molecule has 84 valence electrons. The molecule has 0 aromatic rings. The maximum absolute atomic E-state index is 11.3. The van der Waals surface area contributed by atoms with Gasteiger partial charge in [-0.05, 0) is 25.2 Å². The van der Waals surface area contributed by atoms with Crippen molar-refractivity contribution in [2.24, 2.45) is 11.8 Å². The van der Waals surface area contributed by atoms with Gasteiger partial charge < -0.3 is 4.74 Å². The molecule has 2 atom stereocenters. The molecule has 0 amide bonds. The van der Waals surface area contributed by atoms with Crippen LogP contribution >= 0.6 is 0 Å². The quantitative estimate of drug-likeness (QED) is 0.527. The van der Waals surface area contributed by atoms with Gasteiger partial charge in [-0.1, -0.05) is 12.2 Å².